The largest absolute Gasteiger partial charge is 0.351 e. The lowest BCUT2D eigenvalue weighted by molar-refractivity contribution is 0.0956. The normalized spacial score (nSPS) is 10.4. The summed E-state index contributed by atoms with van der Waals surface area (Å²) in [6, 6.07) is 17.3. The molecule has 0 spiro atoms. The number of rotatable bonds is 6. The molecule has 0 radical (unpaired) electrons. The molecule has 3 aromatic rings. The highest BCUT2D eigenvalue weighted by atomic mass is 32.2. The number of aromatic nitrogens is 4. The molecule has 1 aromatic heterocycles. The summed E-state index contributed by atoms with van der Waals surface area (Å²) in [6.07, 6.45) is 1.49. The molecule has 7 heteroatoms. The number of thioether (sulfide) groups is 1. The van der Waals surface area contributed by atoms with Crippen molar-refractivity contribution in [2.24, 2.45) is 0 Å². The van der Waals surface area contributed by atoms with Crippen LogP contribution in [0.2, 0.25) is 0 Å². The Kier molecular flexibility index (Phi) is 5.00. The summed E-state index contributed by atoms with van der Waals surface area (Å²) in [5, 5.41) is 13.9. The molecule has 2 aromatic carbocycles. The zero-order chi connectivity index (χ0) is 15.9. The molecule has 0 aliphatic heterocycles. The smallest absolute Gasteiger partial charge is 0.251 e. The summed E-state index contributed by atoms with van der Waals surface area (Å²) in [7, 11) is 0. The minimum absolute atomic E-state index is 0.103. The van der Waals surface area contributed by atoms with Gasteiger partial charge in [-0.25, -0.2) is 4.68 Å². The van der Waals surface area contributed by atoms with Crippen LogP contribution in [0.15, 0.2) is 65.8 Å². The zero-order valence-corrected chi connectivity index (χ0v) is 13.1. The SMILES string of the molecule is O=C(NCCSc1ccccc1)c1cccc(-n2cnnn2)c1. The number of amides is 1. The highest BCUT2D eigenvalue weighted by Crippen LogP contribution is 2.16. The van der Waals surface area contributed by atoms with E-state index < -0.39 is 0 Å². The van der Waals surface area contributed by atoms with Gasteiger partial charge >= 0.3 is 0 Å². The van der Waals surface area contributed by atoms with E-state index in [-0.39, 0.29) is 5.91 Å². The fourth-order valence-electron chi connectivity index (χ4n) is 2.02. The van der Waals surface area contributed by atoms with E-state index in [1.807, 2.05) is 30.3 Å². The highest BCUT2D eigenvalue weighted by molar-refractivity contribution is 7.99. The van der Waals surface area contributed by atoms with E-state index in [2.05, 4.69) is 33.0 Å². The second-order valence-electron chi connectivity index (χ2n) is 4.72. The van der Waals surface area contributed by atoms with Crippen molar-refractivity contribution in [1.82, 2.24) is 25.5 Å². The predicted molar refractivity (Wildman–Crippen MR) is 88.7 cm³/mol. The molecule has 23 heavy (non-hydrogen) atoms. The van der Waals surface area contributed by atoms with Crippen LogP contribution in [0.5, 0.6) is 0 Å². The molecule has 1 N–H and O–H groups in total. The molecule has 0 aliphatic carbocycles. The molecule has 0 bridgehead atoms. The van der Waals surface area contributed by atoms with Gasteiger partial charge in [-0.3, -0.25) is 4.79 Å². The second-order valence-corrected chi connectivity index (χ2v) is 5.89. The number of carbonyl (C=O) groups is 1. The summed E-state index contributed by atoms with van der Waals surface area (Å²) in [5.74, 6) is 0.719. The van der Waals surface area contributed by atoms with Crippen LogP contribution in [0.4, 0.5) is 0 Å². The summed E-state index contributed by atoms with van der Waals surface area (Å²) in [4.78, 5) is 13.4. The van der Waals surface area contributed by atoms with Gasteiger partial charge in [0, 0.05) is 22.8 Å². The molecule has 0 aliphatic rings. The number of hydrogen-bond donors (Lipinski definition) is 1. The number of nitrogens with zero attached hydrogens (tertiary/aromatic N) is 4. The van der Waals surface area contributed by atoms with E-state index in [9.17, 15) is 4.79 Å². The Morgan fingerprint density at radius 2 is 2.00 bits per heavy atom. The summed E-state index contributed by atoms with van der Waals surface area (Å²) in [5.41, 5.74) is 1.34. The van der Waals surface area contributed by atoms with E-state index in [1.54, 1.807) is 23.9 Å². The Labute approximate surface area is 137 Å². The molecule has 0 saturated carbocycles. The Morgan fingerprint density at radius 1 is 1.13 bits per heavy atom. The fraction of sp³-hybridized carbons (Fsp3) is 0.125. The summed E-state index contributed by atoms with van der Waals surface area (Å²) in [6.45, 7) is 0.605. The Hall–Kier alpha value is -2.67. The van der Waals surface area contributed by atoms with Gasteiger partial charge in [-0.05, 0) is 40.8 Å². The second kappa shape index (κ2) is 7.55. The van der Waals surface area contributed by atoms with Crippen molar-refractivity contribution in [3.63, 3.8) is 0 Å². The average Bonchev–Trinajstić information content (AvgIpc) is 3.14. The number of hydrogen-bond acceptors (Lipinski definition) is 5. The first kappa shape index (κ1) is 15.2. The molecule has 3 rings (SSSR count). The third-order valence-electron chi connectivity index (χ3n) is 3.12. The number of nitrogens with one attached hydrogen (secondary N) is 1. The fourth-order valence-corrected chi connectivity index (χ4v) is 2.81. The monoisotopic (exact) mass is 325 g/mol. The van der Waals surface area contributed by atoms with Gasteiger partial charge < -0.3 is 5.32 Å². The van der Waals surface area contributed by atoms with Crippen LogP contribution in [-0.4, -0.2) is 38.4 Å². The topological polar surface area (TPSA) is 72.7 Å². The lowest BCUT2D eigenvalue weighted by Gasteiger charge is -2.07. The van der Waals surface area contributed by atoms with Crippen molar-refractivity contribution in [3.8, 4) is 5.69 Å². The highest BCUT2D eigenvalue weighted by Gasteiger charge is 2.07. The molecular weight excluding hydrogens is 310 g/mol. The third kappa shape index (κ3) is 4.17. The molecule has 1 amide bonds. The van der Waals surface area contributed by atoms with E-state index >= 15 is 0 Å². The molecule has 0 unspecified atom stereocenters. The van der Waals surface area contributed by atoms with Gasteiger partial charge in [0.05, 0.1) is 5.69 Å². The van der Waals surface area contributed by atoms with Crippen LogP contribution < -0.4 is 5.32 Å². The summed E-state index contributed by atoms with van der Waals surface area (Å²) < 4.78 is 1.52. The number of tetrazole rings is 1. The Balaban J connectivity index is 1.53. The Bertz CT molecular complexity index is 761. The van der Waals surface area contributed by atoms with E-state index in [0.717, 1.165) is 11.4 Å². The van der Waals surface area contributed by atoms with Crippen molar-refractivity contribution in [2.75, 3.05) is 12.3 Å². The molecule has 116 valence electrons. The lowest BCUT2D eigenvalue weighted by Crippen LogP contribution is -2.25. The standard InChI is InChI=1S/C16H15N5OS/c22-16(17-9-10-23-15-7-2-1-3-8-15)13-5-4-6-14(11-13)21-12-18-19-20-21/h1-8,11-12H,9-10H2,(H,17,22). The van der Waals surface area contributed by atoms with Crippen molar-refractivity contribution < 1.29 is 4.79 Å². The van der Waals surface area contributed by atoms with Crippen LogP contribution >= 0.6 is 11.8 Å². The van der Waals surface area contributed by atoms with E-state index in [1.165, 1.54) is 15.9 Å². The molecule has 6 nitrogen and oxygen atoms in total. The van der Waals surface area contributed by atoms with Gasteiger partial charge in [0.15, 0.2) is 0 Å². The average molecular weight is 325 g/mol. The maximum Gasteiger partial charge on any atom is 0.251 e. The minimum atomic E-state index is -0.103. The molecular formula is C16H15N5OS. The maximum absolute atomic E-state index is 12.2. The van der Waals surface area contributed by atoms with Crippen LogP contribution in [0, 0.1) is 0 Å². The first-order valence-electron chi connectivity index (χ1n) is 7.12. The van der Waals surface area contributed by atoms with Crippen molar-refractivity contribution in [3.05, 3.63) is 66.5 Å². The van der Waals surface area contributed by atoms with Crippen LogP contribution in [0.25, 0.3) is 5.69 Å². The van der Waals surface area contributed by atoms with Crippen LogP contribution in [-0.2, 0) is 0 Å². The predicted octanol–water partition coefficient (Wildman–Crippen LogP) is 2.18. The van der Waals surface area contributed by atoms with Gasteiger partial charge in [-0.1, -0.05) is 24.3 Å². The first-order valence-corrected chi connectivity index (χ1v) is 8.11. The van der Waals surface area contributed by atoms with Gasteiger partial charge in [0.2, 0.25) is 0 Å². The third-order valence-corrected chi connectivity index (χ3v) is 4.14. The Morgan fingerprint density at radius 3 is 2.78 bits per heavy atom. The van der Waals surface area contributed by atoms with Gasteiger partial charge in [0.25, 0.3) is 5.91 Å². The van der Waals surface area contributed by atoms with Crippen LogP contribution in [0.3, 0.4) is 0 Å². The first-order chi connectivity index (χ1) is 11.3. The quantitative estimate of drug-likeness (QED) is 0.555. The lowest BCUT2D eigenvalue weighted by atomic mass is 10.2. The number of benzene rings is 2. The van der Waals surface area contributed by atoms with E-state index in [0.29, 0.717) is 12.1 Å². The maximum atomic E-state index is 12.2. The zero-order valence-electron chi connectivity index (χ0n) is 12.3. The minimum Gasteiger partial charge on any atom is -0.351 e. The van der Waals surface area contributed by atoms with Gasteiger partial charge in [0.1, 0.15) is 6.33 Å². The molecule has 1 heterocycles. The van der Waals surface area contributed by atoms with Gasteiger partial charge in [-0.2, -0.15) is 0 Å². The number of carbonyl (C=O) groups excluding carboxylic acids is 1. The van der Waals surface area contributed by atoms with E-state index in [4.69, 9.17) is 0 Å². The van der Waals surface area contributed by atoms with Gasteiger partial charge in [-0.15, -0.1) is 16.9 Å². The molecule has 0 fully saturated rings. The molecule has 0 atom stereocenters. The van der Waals surface area contributed by atoms with Crippen molar-refractivity contribution in [2.45, 2.75) is 4.90 Å². The summed E-state index contributed by atoms with van der Waals surface area (Å²) >= 11 is 1.71. The van der Waals surface area contributed by atoms with Crippen molar-refractivity contribution in [1.29, 1.82) is 0 Å². The van der Waals surface area contributed by atoms with Crippen LogP contribution in [0.1, 0.15) is 10.4 Å². The van der Waals surface area contributed by atoms with Crippen molar-refractivity contribution >= 4 is 17.7 Å². The molecule has 0 saturated heterocycles.